The number of hydrogen-bond donors (Lipinski definition) is 2. The Morgan fingerprint density at radius 2 is 1.81 bits per heavy atom. The van der Waals surface area contributed by atoms with Crippen LogP contribution in [0.4, 0.5) is 22.0 Å². The van der Waals surface area contributed by atoms with E-state index in [1.54, 1.807) is 37.1 Å². The van der Waals surface area contributed by atoms with Crippen molar-refractivity contribution in [3.63, 3.8) is 0 Å². The summed E-state index contributed by atoms with van der Waals surface area (Å²) in [6.45, 7) is 2.23. The van der Waals surface area contributed by atoms with Crippen LogP contribution < -0.4 is 15.5 Å². The van der Waals surface area contributed by atoms with Crippen LogP contribution in [0.3, 0.4) is 0 Å². The number of hydrogen-bond acceptors (Lipinski definition) is 4. The molecule has 1 aliphatic heterocycles. The summed E-state index contributed by atoms with van der Waals surface area (Å²) in [5, 5.41) is 6.40. The standard InChI is InChI=1S/C23H28ClN5O2.ClH/c1-15(25-2)22(30)27-21-13-12-20-19(26-21)14-28(17-6-4-3-5-7-17)23(31)29(20)18-10-8-16(24)9-11-18;/h8-13,15,17,25H,3-7,14H2,1-2H3,(H,26,27,30);1H. The van der Waals surface area contributed by atoms with Gasteiger partial charge < -0.3 is 15.5 Å². The molecule has 1 unspecified atom stereocenters. The summed E-state index contributed by atoms with van der Waals surface area (Å²) >= 11 is 6.07. The molecule has 1 aliphatic carbocycles. The van der Waals surface area contributed by atoms with Crippen LogP contribution in [0.5, 0.6) is 0 Å². The number of benzene rings is 1. The quantitative estimate of drug-likeness (QED) is 0.626. The van der Waals surface area contributed by atoms with Gasteiger partial charge >= 0.3 is 6.03 Å². The fourth-order valence-corrected chi connectivity index (χ4v) is 4.35. The number of aromatic nitrogens is 1. The third kappa shape index (κ3) is 5.00. The Balaban J connectivity index is 0.00000289. The highest BCUT2D eigenvalue weighted by molar-refractivity contribution is 6.30. The third-order valence-electron chi connectivity index (χ3n) is 6.13. The Bertz CT molecular complexity index is 963. The van der Waals surface area contributed by atoms with Crippen molar-refractivity contribution in [3.05, 3.63) is 47.1 Å². The molecule has 7 nitrogen and oxygen atoms in total. The average Bonchev–Trinajstić information content (AvgIpc) is 2.79. The largest absolute Gasteiger partial charge is 0.329 e. The van der Waals surface area contributed by atoms with Crippen molar-refractivity contribution in [2.75, 3.05) is 17.3 Å². The summed E-state index contributed by atoms with van der Waals surface area (Å²) in [6.07, 6.45) is 5.49. The normalized spacial score (nSPS) is 17.4. The molecule has 32 heavy (non-hydrogen) atoms. The second-order valence-electron chi connectivity index (χ2n) is 8.18. The molecule has 2 heterocycles. The van der Waals surface area contributed by atoms with E-state index >= 15 is 0 Å². The highest BCUT2D eigenvalue weighted by Crippen LogP contribution is 2.38. The van der Waals surface area contributed by atoms with Gasteiger partial charge in [0.1, 0.15) is 5.82 Å². The van der Waals surface area contributed by atoms with E-state index in [0.717, 1.165) is 42.8 Å². The third-order valence-corrected chi connectivity index (χ3v) is 6.38. The number of carbonyl (C=O) groups is 2. The van der Waals surface area contributed by atoms with Crippen LogP contribution in [0.2, 0.25) is 5.02 Å². The summed E-state index contributed by atoms with van der Waals surface area (Å²) in [5.41, 5.74) is 2.26. The first-order valence-electron chi connectivity index (χ1n) is 10.8. The Kier molecular flexibility index (Phi) is 7.98. The number of amides is 3. The van der Waals surface area contributed by atoms with Crippen molar-refractivity contribution in [2.45, 2.75) is 57.7 Å². The topological polar surface area (TPSA) is 77.6 Å². The molecule has 0 spiro atoms. The smallest absolute Gasteiger partial charge is 0.315 e. The number of nitrogens with zero attached hydrogens (tertiary/aromatic N) is 3. The van der Waals surface area contributed by atoms with Gasteiger partial charge in [0, 0.05) is 11.1 Å². The number of likely N-dealkylation sites (N-methyl/N-ethyl adjacent to an activating group) is 1. The van der Waals surface area contributed by atoms with Gasteiger partial charge in [0.05, 0.1) is 29.7 Å². The van der Waals surface area contributed by atoms with Crippen molar-refractivity contribution < 1.29 is 9.59 Å². The Labute approximate surface area is 199 Å². The molecule has 9 heteroatoms. The molecule has 4 rings (SSSR count). The Morgan fingerprint density at radius 3 is 2.47 bits per heavy atom. The molecule has 2 N–H and O–H groups in total. The molecule has 1 saturated carbocycles. The number of rotatable bonds is 5. The van der Waals surface area contributed by atoms with E-state index in [2.05, 4.69) is 10.6 Å². The summed E-state index contributed by atoms with van der Waals surface area (Å²) in [5.74, 6) is 0.334. The van der Waals surface area contributed by atoms with E-state index < -0.39 is 0 Å². The van der Waals surface area contributed by atoms with E-state index in [0.29, 0.717) is 17.4 Å². The predicted octanol–water partition coefficient (Wildman–Crippen LogP) is 5.11. The number of carbonyl (C=O) groups excluding carboxylic acids is 2. The molecular weight excluding hydrogens is 449 g/mol. The van der Waals surface area contributed by atoms with Crippen LogP contribution in [-0.4, -0.2) is 41.0 Å². The van der Waals surface area contributed by atoms with E-state index in [9.17, 15) is 9.59 Å². The van der Waals surface area contributed by atoms with Crippen molar-refractivity contribution in [1.29, 1.82) is 0 Å². The minimum absolute atomic E-state index is 0. The van der Waals surface area contributed by atoms with Crippen LogP contribution >= 0.6 is 24.0 Å². The summed E-state index contributed by atoms with van der Waals surface area (Å²) in [7, 11) is 1.74. The SMILES string of the molecule is CNC(C)C(=O)Nc1ccc2c(n1)CN(C1CCCCC1)C(=O)N2c1ccc(Cl)cc1.Cl. The molecule has 1 aromatic heterocycles. The minimum atomic E-state index is -0.330. The highest BCUT2D eigenvalue weighted by atomic mass is 35.5. The molecule has 0 bridgehead atoms. The fraction of sp³-hybridized carbons (Fsp3) is 0.435. The molecule has 1 fully saturated rings. The van der Waals surface area contributed by atoms with E-state index in [4.69, 9.17) is 16.6 Å². The van der Waals surface area contributed by atoms with Crippen LogP contribution in [-0.2, 0) is 11.3 Å². The maximum Gasteiger partial charge on any atom is 0.329 e. The molecule has 2 aliphatic rings. The van der Waals surface area contributed by atoms with Gasteiger partial charge in [-0.1, -0.05) is 30.9 Å². The zero-order valence-corrected chi connectivity index (χ0v) is 19.9. The minimum Gasteiger partial charge on any atom is -0.315 e. The zero-order valence-electron chi connectivity index (χ0n) is 18.3. The maximum atomic E-state index is 13.6. The summed E-state index contributed by atoms with van der Waals surface area (Å²) in [4.78, 5) is 34.2. The van der Waals surface area contributed by atoms with Crippen LogP contribution in [0.1, 0.15) is 44.7 Å². The molecular formula is C23H29Cl2N5O2. The van der Waals surface area contributed by atoms with Gasteiger partial charge in [-0.05, 0) is 63.2 Å². The van der Waals surface area contributed by atoms with Gasteiger partial charge in [-0.15, -0.1) is 12.4 Å². The Hall–Kier alpha value is -2.35. The van der Waals surface area contributed by atoms with Gasteiger partial charge in [-0.2, -0.15) is 0 Å². The number of halogens is 2. The number of urea groups is 1. The van der Waals surface area contributed by atoms with Crippen LogP contribution in [0.25, 0.3) is 0 Å². The van der Waals surface area contributed by atoms with Crippen molar-refractivity contribution in [2.24, 2.45) is 0 Å². The molecule has 0 radical (unpaired) electrons. The van der Waals surface area contributed by atoms with Gasteiger partial charge in [-0.25, -0.2) is 9.78 Å². The lowest BCUT2D eigenvalue weighted by Crippen LogP contribution is -2.50. The zero-order chi connectivity index (χ0) is 22.0. The van der Waals surface area contributed by atoms with Gasteiger partial charge in [-0.3, -0.25) is 9.69 Å². The number of anilines is 3. The summed E-state index contributed by atoms with van der Waals surface area (Å²) < 4.78 is 0. The molecule has 1 atom stereocenters. The first kappa shape index (κ1) is 24.3. The van der Waals surface area contributed by atoms with Crippen molar-refractivity contribution >= 4 is 53.1 Å². The van der Waals surface area contributed by atoms with Gasteiger partial charge in [0.15, 0.2) is 0 Å². The predicted molar refractivity (Wildman–Crippen MR) is 130 cm³/mol. The highest BCUT2D eigenvalue weighted by Gasteiger charge is 2.36. The Morgan fingerprint density at radius 1 is 1.12 bits per heavy atom. The lowest BCUT2D eigenvalue weighted by atomic mass is 9.93. The molecule has 0 saturated heterocycles. The fourth-order valence-electron chi connectivity index (χ4n) is 4.23. The number of pyridine rings is 1. The lowest BCUT2D eigenvalue weighted by Gasteiger charge is -2.42. The van der Waals surface area contributed by atoms with Gasteiger partial charge in [0.25, 0.3) is 0 Å². The molecule has 172 valence electrons. The number of nitrogens with one attached hydrogen (secondary N) is 2. The van der Waals surface area contributed by atoms with Crippen LogP contribution in [0.15, 0.2) is 36.4 Å². The first-order valence-corrected chi connectivity index (χ1v) is 11.2. The number of fused-ring (bicyclic) bond motifs is 1. The van der Waals surface area contributed by atoms with E-state index in [1.165, 1.54) is 6.42 Å². The van der Waals surface area contributed by atoms with E-state index in [-0.39, 0.29) is 36.4 Å². The summed E-state index contributed by atoms with van der Waals surface area (Å²) in [6, 6.07) is 10.7. The van der Waals surface area contributed by atoms with Crippen molar-refractivity contribution in [3.8, 4) is 0 Å². The van der Waals surface area contributed by atoms with Crippen LogP contribution in [0, 0.1) is 0 Å². The van der Waals surface area contributed by atoms with Crippen molar-refractivity contribution in [1.82, 2.24) is 15.2 Å². The average molecular weight is 478 g/mol. The lowest BCUT2D eigenvalue weighted by molar-refractivity contribution is -0.117. The monoisotopic (exact) mass is 477 g/mol. The molecule has 2 aromatic rings. The second kappa shape index (κ2) is 10.5. The first-order chi connectivity index (χ1) is 15.0. The molecule has 1 aromatic carbocycles. The van der Waals surface area contributed by atoms with Gasteiger partial charge in [0.2, 0.25) is 5.91 Å². The molecule has 3 amide bonds. The second-order valence-corrected chi connectivity index (χ2v) is 8.61. The van der Waals surface area contributed by atoms with E-state index in [1.807, 2.05) is 23.1 Å². The maximum absolute atomic E-state index is 13.6.